The van der Waals surface area contributed by atoms with Gasteiger partial charge >= 0.3 is 0 Å². The molecule has 3 rings (SSSR count). The molecule has 0 radical (unpaired) electrons. The van der Waals surface area contributed by atoms with Crippen molar-refractivity contribution >= 4 is 11.6 Å². The van der Waals surface area contributed by atoms with E-state index < -0.39 is 0 Å². The largest absolute Gasteiger partial charge is 0.488 e. The summed E-state index contributed by atoms with van der Waals surface area (Å²) in [5, 5.41) is 0. The Morgan fingerprint density at radius 3 is 2.12 bits per heavy atom. The molecule has 0 saturated carbocycles. The summed E-state index contributed by atoms with van der Waals surface area (Å²) in [6.45, 7) is 13.6. The van der Waals surface area contributed by atoms with Gasteiger partial charge in [-0.1, -0.05) is 46.8 Å². The number of rotatable bonds is 3. The first-order chi connectivity index (χ1) is 12.5. The molecule has 3 heteroatoms. The number of carbonyl (C=O) groups excluding carboxylic acids is 2. The predicted molar refractivity (Wildman–Crippen MR) is 108 cm³/mol. The number of hydrogen-bond acceptors (Lipinski definition) is 3. The van der Waals surface area contributed by atoms with Gasteiger partial charge in [-0.3, -0.25) is 9.59 Å². The predicted octanol–water partition coefficient (Wildman–Crippen LogP) is 6.27. The molecule has 0 fully saturated rings. The van der Waals surface area contributed by atoms with Crippen LogP contribution in [0.5, 0.6) is 5.75 Å². The van der Waals surface area contributed by atoms with Crippen molar-refractivity contribution in [2.75, 3.05) is 0 Å². The van der Waals surface area contributed by atoms with E-state index in [1.165, 1.54) is 0 Å². The van der Waals surface area contributed by atoms with Crippen molar-refractivity contribution in [2.24, 2.45) is 0 Å². The maximum absolute atomic E-state index is 11.8. The van der Waals surface area contributed by atoms with E-state index in [0.29, 0.717) is 12.2 Å². The van der Waals surface area contributed by atoms with Gasteiger partial charge < -0.3 is 4.74 Å². The van der Waals surface area contributed by atoms with Crippen molar-refractivity contribution in [1.82, 2.24) is 0 Å². The highest BCUT2D eigenvalue weighted by molar-refractivity contribution is 5.98. The van der Waals surface area contributed by atoms with Crippen LogP contribution in [0.3, 0.4) is 0 Å². The lowest BCUT2D eigenvalue weighted by Gasteiger charge is -2.23. The van der Waals surface area contributed by atoms with Crippen LogP contribution in [0, 0.1) is 0 Å². The Morgan fingerprint density at radius 2 is 1.58 bits per heavy atom. The minimum atomic E-state index is 0.0507. The fraction of sp³-hybridized carbons (Fsp3) is 0.391. The van der Waals surface area contributed by atoms with Crippen molar-refractivity contribution in [3.63, 3.8) is 0 Å². The van der Waals surface area contributed by atoms with Gasteiger partial charge in [-0.2, -0.15) is 0 Å². The molecule has 0 saturated heterocycles. The highest BCUT2D eigenvalue weighted by Gasteiger charge is 2.21. The summed E-state index contributed by atoms with van der Waals surface area (Å²) in [4.78, 5) is 23.3. The standard InChI is InChI=1S/C19H18O3.2C2H6/c1-4-13-8-18-16-6-5-14(11(2)20)7-15(16)10-22-19(18)9-17(13)12(3)21;2*1-2/h5-9H,4,10H2,1-3H3;2*1-2H3. The molecule has 140 valence electrons. The molecule has 26 heavy (non-hydrogen) atoms. The molecule has 2 aromatic rings. The van der Waals surface area contributed by atoms with E-state index in [1.807, 2.05) is 65.0 Å². The van der Waals surface area contributed by atoms with Crippen LogP contribution < -0.4 is 4.74 Å². The van der Waals surface area contributed by atoms with Gasteiger partial charge in [0.15, 0.2) is 11.6 Å². The first-order valence-corrected chi connectivity index (χ1v) is 9.46. The average molecular weight is 354 g/mol. The molecule has 0 unspecified atom stereocenters. The van der Waals surface area contributed by atoms with Crippen molar-refractivity contribution in [2.45, 2.75) is 61.5 Å². The van der Waals surface area contributed by atoms with Gasteiger partial charge in [0.2, 0.25) is 0 Å². The summed E-state index contributed by atoms with van der Waals surface area (Å²) >= 11 is 0. The van der Waals surface area contributed by atoms with Crippen molar-refractivity contribution < 1.29 is 14.3 Å². The summed E-state index contributed by atoms with van der Waals surface area (Å²) < 4.78 is 5.81. The number of aryl methyl sites for hydroxylation is 1. The molecule has 2 aromatic carbocycles. The van der Waals surface area contributed by atoms with E-state index in [9.17, 15) is 9.59 Å². The van der Waals surface area contributed by atoms with Crippen LogP contribution >= 0.6 is 0 Å². The number of ether oxygens (including phenoxy) is 1. The van der Waals surface area contributed by atoms with E-state index in [-0.39, 0.29) is 11.6 Å². The molecular weight excluding hydrogens is 324 g/mol. The Morgan fingerprint density at radius 1 is 0.923 bits per heavy atom. The average Bonchev–Trinajstić information content (AvgIpc) is 2.69. The molecule has 0 spiro atoms. The van der Waals surface area contributed by atoms with Gasteiger partial charge in [-0.05, 0) is 55.2 Å². The van der Waals surface area contributed by atoms with Crippen molar-refractivity contribution in [3.05, 3.63) is 52.6 Å². The first kappa shape index (κ1) is 21.6. The van der Waals surface area contributed by atoms with Crippen LogP contribution in [0.2, 0.25) is 0 Å². The van der Waals surface area contributed by atoms with E-state index in [2.05, 4.69) is 0 Å². The second kappa shape index (κ2) is 9.91. The zero-order chi connectivity index (χ0) is 19.9. The van der Waals surface area contributed by atoms with Crippen LogP contribution in [0.4, 0.5) is 0 Å². The third-order valence-electron chi connectivity index (χ3n) is 4.15. The molecule has 0 N–H and O–H groups in total. The maximum atomic E-state index is 11.8. The topological polar surface area (TPSA) is 43.4 Å². The molecular formula is C23H30O3. The molecule has 3 nitrogen and oxygen atoms in total. The fourth-order valence-corrected chi connectivity index (χ4v) is 2.93. The normalized spacial score (nSPS) is 10.7. The minimum absolute atomic E-state index is 0.0507. The van der Waals surface area contributed by atoms with E-state index in [1.54, 1.807) is 13.8 Å². The summed E-state index contributed by atoms with van der Waals surface area (Å²) in [5.41, 5.74) is 5.54. The lowest BCUT2D eigenvalue weighted by molar-refractivity contribution is 0.100. The van der Waals surface area contributed by atoms with Gasteiger partial charge in [0.1, 0.15) is 12.4 Å². The second-order valence-electron chi connectivity index (χ2n) is 5.63. The Balaban J connectivity index is 0.000000791. The highest BCUT2D eigenvalue weighted by atomic mass is 16.5. The molecule has 0 bridgehead atoms. The summed E-state index contributed by atoms with van der Waals surface area (Å²) in [7, 11) is 0. The monoisotopic (exact) mass is 354 g/mol. The number of Topliss-reactive ketones (excluding diaryl/α,β-unsaturated/α-hetero) is 2. The van der Waals surface area contributed by atoms with E-state index >= 15 is 0 Å². The molecule has 1 aliphatic heterocycles. The molecule has 0 amide bonds. The van der Waals surface area contributed by atoms with Crippen LogP contribution in [0.15, 0.2) is 30.3 Å². The minimum Gasteiger partial charge on any atom is -0.488 e. The van der Waals surface area contributed by atoms with Crippen molar-refractivity contribution in [1.29, 1.82) is 0 Å². The van der Waals surface area contributed by atoms with Gasteiger partial charge in [-0.25, -0.2) is 0 Å². The van der Waals surface area contributed by atoms with Crippen LogP contribution in [-0.4, -0.2) is 11.6 Å². The summed E-state index contributed by atoms with van der Waals surface area (Å²) in [6.07, 6.45) is 0.795. The zero-order valence-corrected chi connectivity index (χ0v) is 17.0. The Kier molecular flexibility index (Phi) is 8.24. The fourth-order valence-electron chi connectivity index (χ4n) is 2.93. The van der Waals surface area contributed by atoms with Crippen molar-refractivity contribution in [3.8, 4) is 16.9 Å². The molecule has 1 heterocycles. The number of carbonyl (C=O) groups is 2. The lowest BCUT2D eigenvalue weighted by Crippen LogP contribution is -2.09. The Hall–Kier alpha value is -2.42. The van der Waals surface area contributed by atoms with Gasteiger partial charge in [0.25, 0.3) is 0 Å². The Labute approximate surface area is 157 Å². The molecule has 0 aliphatic carbocycles. The zero-order valence-electron chi connectivity index (χ0n) is 17.0. The van der Waals surface area contributed by atoms with E-state index in [4.69, 9.17) is 4.74 Å². The smallest absolute Gasteiger partial charge is 0.160 e. The van der Waals surface area contributed by atoms with Crippen LogP contribution in [-0.2, 0) is 13.0 Å². The lowest BCUT2D eigenvalue weighted by atomic mass is 9.90. The van der Waals surface area contributed by atoms with Gasteiger partial charge in [-0.15, -0.1) is 0 Å². The number of benzene rings is 2. The molecule has 1 aliphatic rings. The highest BCUT2D eigenvalue weighted by Crippen LogP contribution is 2.40. The quantitative estimate of drug-likeness (QED) is 0.610. The number of hydrogen-bond donors (Lipinski definition) is 0. The Bertz CT molecular complexity index is 788. The molecule has 0 atom stereocenters. The van der Waals surface area contributed by atoms with Gasteiger partial charge in [0, 0.05) is 16.7 Å². The van der Waals surface area contributed by atoms with Crippen LogP contribution in [0.25, 0.3) is 11.1 Å². The third-order valence-corrected chi connectivity index (χ3v) is 4.15. The maximum Gasteiger partial charge on any atom is 0.160 e. The molecule has 0 aromatic heterocycles. The second-order valence-corrected chi connectivity index (χ2v) is 5.63. The summed E-state index contributed by atoms with van der Waals surface area (Å²) in [5.74, 6) is 0.848. The third kappa shape index (κ3) is 4.40. The number of ketones is 2. The number of fused-ring (bicyclic) bond motifs is 3. The van der Waals surface area contributed by atoms with E-state index in [0.717, 1.165) is 40.0 Å². The first-order valence-electron chi connectivity index (χ1n) is 9.46. The van der Waals surface area contributed by atoms with Gasteiger partial charge in [0.05, 0.1) is 0 Å². The van der Waals surface area contributed by atoms with Crippen LogP contribution in [0.1, 0.15) is 80.3 Å². The SMILES string of the molecule is CC.CC.CCc1cc2c(cc1C(C)=O)OCc1cc(C(C)=O)ccc1-2. The summed E-state index contributed by atoms with van der Waals surface area (Å²) in [6, 6.07) is 9.60.